The number of thioether (sulfide) groups is 1. The standard InChI is InChI=1S/C15H21N3OS/c1-2-18(12-7-4-3-5-8-12)14(19)11-20-15-13(16)9-6-10-17-15/h6-7,9-10H,2-5,8,11,16H2,1H3. The normalized spacial score (nSPS) is 14.8. The van der Waals surface area contributed by atoms with Crippen LogP contribution in [0.1, 0.15) is 32.6 Å². The topological polar surface area (TPSA) is 59.2 Å². The molecule has 20 heavy (non-hydrogen) atoms. The number of carbonyl (C=O) groups is 1. The van der Waals surface area contributed by atoms with Gasteiger partial charge in [0.05, 0.1) is 11.4 Å². The van der Waals surface area contributed by atoms with E-state index in [0.29, 0.717) is 11.4 Å². The molecule has 0 bridgehead atoms. The summed E-state index contributed by atoms with van der Waals surface area (Å²) in [7, 11) is 0. The lowest BCUT2D eigenvalue weighted by atomic mass is 10.0. The van der Waals surface area contributed by atoms with Crippen molar-refractivity contribution in [2.75, 3.05) is 18.0 Å². The zero-order chi connectivity index (χ0) is 14.4. The molecule has 1 aromatic rings. The second-order valence-electron chi connectivity index (χ2n) is 4.77. The van der Waals surface area contributed by atoms with E-state index in [1.165, 1.54) is 30.3 Å². The Hall–Kier alpha value is -1.49. The molecular formula is C15H21N3OS. The fourth-order valence-electron chi connectivity index (χ4n) is 2.34. The number of nitrogens with zero attached hydrogens (tertiary/aromatic N) is 2. The second kappa shape index (κ2) is 7.33. The predicted molar refractivity (Wildman–Crippen MR) is 83.3 cm³/mol. The van der Waals surface area contributed by atoms with Gasteiger partial charge in [0.1, 0.15) is 5.03 Å². The van der Waals surface area contributed by atoms with E-state index in [9.17, 15) is 4.79 Å². The maximum atomic E-state index is 12.4. The summed E-state index contributed by atoms with van der Waals surface area (Å²) in [5, 5.41) is 0.731. The van der Waals surface area contributed by atoms with Gasteiger partial charge in [0.15, 0.2) is 0 Å². The largest absolute Gasteiger partial charge is 0.397 e. The summed E-state index contributed by atoms with van der Waals surface area (Å²) in [4.78, 5) is 18.4. The van der Waals surface area contributed by atoms with Gasteiger partial charge in [0, 0.05) is 18.4 Å². The zero-order valence-corrected chi connectivity index (χ0v) is 12.7. The molecule has 0 aliphatic heterocycles. The van der Waals surface area contributed by atoms with Gasteiger partial charge >= 0.3 is 0 Å². The van der Waals surface area contributed by atoms with Crippen LogP contribution in [0.2, 0.25) is 0 Å². The van der Waals surface area contributed by atoms with Crippen molar-refractivity contribution in [2.24, 2.45) is 0 Å². The molecule has 108 valence electrons. The van der Waals surface area contributed by atoms with Crippen LogP contribution in [0.5, 0.6) is 0 Å². The first-order valence-electron chi connectivity index (χ1n) is 7.05. The highest BCUT2D eigenvalue weighted by Crippen LogP contribution is 2.25. The van der Waals surface area contributed by atoms with Crippen molar-refractivity contribution >= 4 is 23.4 Å². The lowest BCUT2D eigenvalue weighted by molar-refractivity contribution is -0.126. The van der Waals surface area contributed by atoms with Crippen LogP contribution >= 0.6 is 11.8 Å². The molecule has 4 nitrogen and oxygen atoms in total. The number of nitrogens with two attached hydrogens (primary N) is 1. The first-order chi connectivity index (χ1) is 9.72. The molecule has 2 rings (SSSR count). The van der Waals surface area contributed by atoms with Crippen molar-refractivity contribution in [2.45, 2.75) is 37.6 Å². The number of rotatable bonds is 5. The molecule has 5 heteroatoms. The van der Waals surface area contributed by atoms with Crippen LogP contribution in [-0.2, 0) is 4.79 Å². The molecular weight excluding hydrogens is 270 g/mol. The Labute approximate surface area is 124 Å². The van der Waals surface area contributed by atoms with Crippen LogP contribution in [0.4, 0.5) is 5.69 Å². The molecule has 1 aliphatic carbocycles. The van der Waals surface area contributed by atoms with Crippen LogP contribution in [0.15, 0.2) is 35.1 Å². The minimum absolute atomic E-state index is 0.135. The SMILES string of the molecule is CCN(C(=O)CSc1ncccc1N)C1=CCCCC1. The fourth-order valence-corrected chi connectivity index (χ4v) is 3.12. The number of pyridine rings is 1. The van der Waals surface area contributed by atoms with Gasteiger partial charge in [-0.25, -0.2) is 4.98 Å². The summed E-state index contributed by atoms with van der Waals surface area (Å²) < 4.78 is 0. The van der Waals surface area contributed by atoms with Crippen LogP contribution < -0.4 is 5.73 Å². The van der Waals surface area contributed by atoms with Gasteiger partial charge in [0.25, 0.3) is 0 Å². The minimum atomic E-state index is 0.135. The maximum Gasteiger partial charge on any atom is 0.237 e. The van der Waals surface area contributed by atoms with Crippen molar-refractivity contribution < 1.29 is 4.79 Å². The van der Waals surface area contributed by atoms with Gasteiger partial charge < -0.3 is 10.6 Å². The molecule has 0 aromatic carbocycles. The predicted octanol–water partition coefficient (Wildman–Crippen LogP) is 3.06. The Balaban J connectivity index is 1.96. The third-order valence-corrected chi connectivity index (χ3v) is 4.37. The third kappa shape index (κ3) is 3.76. The Bertz CT molecular complexity index is 502. The van der Waals surface area contributed by atoms with Gasteiger partial charge in [-0.2, -0.15) is 0 Å². The molecule has 0 saturated carbocycles. The molecule has 0 spiro atoms. The monoisotopic (exact) mass is 291 g/mol. The summed E-state index contributed by atoms with van der Waals surface area (Å²) in [6.45, 7) is 2.75. The average molecular weight is 291 g/mol. The first-order valence-corrected chi connectivity index (χ1v) is 8.03. The van der Waals surface area contributed by atoms with Crippen molar-refractivity contribution in [3.8, 4) is 0 Å². The summed E-state index contributed by atoms with van der Waals surface area (Å²) in [6.07, 6.45) is 8.40. The van der Waals surface area contributed by atoms with E-state index in [4.69, 9.17) is 5.73 Å². The summed E-state index contributed by atoms with van der Waals surface area (Å²) in [5.41, 5.74) is 7.65. The van der Waals surface area contributed by atoms with E-state index < -0.39 is 0 Å². The second-order valence-corrected chi connectivity index (χ2v) is 5.73. The lowest BCUT2D eigenvalue weighted by Crippen LogP contribution is -2.32. The average Bonchev–Trinajstić information content (AvgIpc) is 2.48. The summed E-state index contributed by atoms with van der Waals surface area (Å²) in [5.74, 6) is 0.516. The highest BCUT2D eigenvalue weighted by atomic mass is 32.2. The molecule has 0 unspecified atom stereocenters. The molecule has 1 amide bonds. The number of aromatic nitrogens is 1. The quantitative estimate of drug-likeness (QED) is 0.847. The number of amides is 1. The van der Waals surface area contributed by atoms with Crippen LogP contribution in [-0.4, -0.2) is 28.1 Å². The summed E-state index contributed by atoms with van der Waals surface area (Å²) in [6, 6.07) is 3.60. The number of anilines is 1. The Morgan fingerprint density at radius 3 is 3.00 bits per heavy atom. The van der Waals surface area contributed by atoms with Gasteiger partial charge in [-0.15, -0.1) is 0 Å². The lowest BCUT2D eigenvalue weighted by Gasteiger charge is -2.26. The molecule has 1 heterocycles. The Morgan fingerprint density at radius 1 is 1.50 bits per heavy atom. The molecule has 1 aromatic heterocycles. The number of nitrogen functional groups attached to an aromatic ring is 1. The molecule has 1 aliphatic rings. The van der Waals surface area contributed by atoms with E-state index >= 15 is 0 Å². The molecule has 0 saturated heterocycles. The summed E-state index contributed by atoms with van der Waals surface area (Å²) >= 11 is 1.41. The van der Waals surface area contributed by atoms with Crippen LogP contribution in [0.3, 0.4) is 0 Å². The van der Waals surface area contributed by atoms with E-state index in [0.717, 1.165) is 24.4 Å². The van der Waals surface area contributed by atoms with Crippen molar-refractivity contribution in [3.05, 3.63) is 30.1 Å². The molecule has 2 N–H and O–H groups in total. The third-order valence-electron chi connectivity index (χ3n) is 3.36. The molecule has 0 radical (unpaired) electrons. The first kappa shape index (κ1) is 14.9. The minimum Gasteiger partial charge on any atom is -0.397 e. The van der Waals surface area contributed by atoms with Crippen molar-refractivity contribution in [1.29, 1.82) is 0 Å². The maximum absolute atomic E-state index is 12.4. The van der Waals surface area contributed by atoms with Gasteiger partial charge in [0.2, 0.25) is 5.91 Å². The van der Waals surface area contributed by atoms with Gasteiger partial charge in [-0.05, 0) is 44.7 Å². The van der Waals surface area contributed by atoms with E-state index in [-0.39, 0.29) is 5.91 Å². The highest BCUT2D eigenvalue weighted by molar-refractivity contribution is 8.00. The van der Waals surface area contributed by atoms with Crippen LogP contribution in [0.25, 0.3) is 0 Å². The van der Waals surface area contributed by atoms with Crippen molar-refractivity contribution in [3.63, 3.8) is 0 Å². The van der Waals surface area contributed by atoms with Crippen LogP contribution in [0, 0.1) is 0 Å². The highest BCUT2D eigenvalue weighted by Gasteiger charge is 2.18. The number of carbonyl (C=O) groups excluding carboxylic acids is 1. The number of hydrogen-bond acceptors (Lipinski definition) is 4. The Morgan fingerprint density at radius 2 is 2.35 bits per heavy atom. The van der Waals surface area contributed by atoms with Crippen molar-refractivity contribution in [1.82, 2.24) is 9.88 Å². The number of allylic oxidation sites excluding steroid dienone is 2. The molecule has 0 fully saturated rings. The number of hydrogen-bond donors (Lipinski definition) is 1. The Kier molecular flexibility index (Phi) is 5.47. The van der Waals surface area contributed by atoms with E-state index in [1.807, 2.05) is 11.8 Å². The molecule has 0 atom stereocenters. The van der Waals surface area contributed by atoms with E-state index in [1.54, 1.807) is 18.3 Å². The zero-order valence-electron chi connectivity index (χ0n) is 11.8. The smallest absolute Gasteiger partial charge is 0.237 e. The van der Waals surface area contributed by atoms with Gasteiger partial charge in [-0.3, -0.25) is 4.79 Å². The van der Waals surface area contributed by atoms with E-state index in [2.05, 4.69) is 11.1 Å². The fraction of sp³-hybridized carbons (Fsp3) is 0.467. The van der Waals surface area contributed by atoms with Gasteiger partial charge in [-0.1, -0.05) is 17.8 Å².